The number of hydrogen-bond acceptors (Lipinski definition) is 4. The van der Waals surface area contributed by atoms with Gasteiger partial charge in [-0.05, 0) is 77.8 Å². The fraction of sp³-hybridized carbons (Fsp3) is 0.364. The highest BCUT2D eigenvalue weighted by molar-refractivity contribution is 7.89. The van der Waals surface area contributed by atoms with E-state index in [0.717, 1.165) is 66.3 Å². The van der Waals surface area contributed by atoms with E-state index in [2.05, 4.69) is 41.8 Å². The van der Waals surface area contributed by atoms with Gasteiger partial charge in [0.1, 0.15) is 0 Å². The zero-order chi connectivity index (χ0) is 31.2. The van der Waals surface area contributed by atoms with Gasteiger partial charge in [-0.3, -0.25) is 4.79 Å². The van der Waals surface area contributed by atoms with E-state index in [1.807, 2.05) is 12.1 Å². The molecule has 1 amide bonds. The summed E-state index contributed by atoms with van der Waals surface area (Å²) < 4.78 is 68.6. The third-order valence-electron chi connectivity index (χ3n) is 7.45. The number of aryl methyl sites for hydroxylation is 1. The molecule has 0 radical (unpaired) electrons. The Hall–Kier alpha value is -3.47. The highest BCUT2D eigenvalue weighted by Gasteiger charge is 2.33. The average molecular weight is 614 g/mol. The third kappa shape index (κ3) is 8.78. The topological polar surface area (TPSA) is 87.3 Å². The van der Waals surface area contributed by atoms with Gasteiger partial charge >= 0.3 is 6.18 Å². The molecule has 1 aliphatic carbocycles. The Kier molecular flexibility index (Phi) is 10.5. The van der Waals surface area contributed by atoms with Crippen molar-refractivity contribution in [1.29, 1.82) is 0 Å². The molecule has 6 nitrogen and oxygen atoms in total. The summed E-state index contributed by atoms with van der Waals surface area (Å²) in [5.41, 5.74) is 3.66. The van der Waals surface area contributed by atoms with E-state index in [0.29, 0.717) is 24.1 Å². The fourth-order valence-electron chi connectivity index (χ4n) is 5.24. The smallest absolute Gasteiger partial charge is 0.349 e. The molecule has 0 unspecified atom stereocenters. The SMILES string of the molecule is C=C(CNCC(C)C)c1ccc2c(c1)CCC[C@H]2NC(=O)C[C@@H](NS(=O)(=O)c1cccc(C(F)(F)F)c1)c1ccccc1. The summed E-state index contributed by atoms with van der Waals surface area (Å²) in [4.78, 5) is 12.8. The van der Waals surface area contributed by atoms with E-state index >= 15 is 0 Å². The first kappa shape index (κ1) is 32.4. The van der Waals surface area contributed by atoms with Crippen LogP contribution in [0.5, 0.6) is 0 Å². The van der Waals surface area contributed by atoms with Gasteiger partial charge in [0.15, 0.2) is 0 Å². The highest BCUT2D eigenvalue weighted by atomic mass is 32.2. The number of benzene rings is 3. The van der Waals surface area contributed by atoms with Crippen molar-refractivity contribution in [2.45, 2.75) is 62.7 Å². The number of amides is 1. The molecule has 0 saturated heterocycles. The standard InChI is InChI=1S/C33H38F3N3O3S/c1-22(2)20-37-21-23(3)25-15-16-29-26(17-25)11-7-14-30(29)38-32(40)19-31(24-9-5-4-6-10-24)39-43(41,42)28-13-8-12-27(18-28)33(34,35)36/h4-6,8-10,12-13,15-18,22,30-31,37,39H,3,7,11,14,19-21H2,1-2H3,(H,38,40)/t30-,31-/m1/s1. The van der Waals surface area contributed by atoms with E-state index in [4.69, 9.17) is 0 Å². The normalized spacial score (nSPS) is 16.0. The monoisotopic (exact) mass is 613 g/mol. The second-order valence-corrected chi connectivity index (χ2v) is 13.1. The Labute approximate surface area is 251 Å². The van der Waals surface area contributed by atoms with E-state index in [1.165, 1.54) is 0 Å². The lowest BCUT2D eigenvalue weighted by atomic mass is 9.85. The summed E-state index contributed by atoms with van der Waals surface area (Å²) in [6, 6.07) is 17.0. The quantitative estimate of drug-likeness (QED) is 0.216. The first-order chi connectivity index (χ1) is 20.3. The molecule has 3 aromatic rings. The number of nitrogens with one attached hydrogen (secondary N) is 3. The van der Waals surface area contributed by atoms with Crippen LogP contribution in [0.3, 0.4) is 0 Å². The van der Waals surface area contributed by atoms with Gasteiger partial charge < -0.3 is 10.6 Å². The Balaban J connectivity index is 1.49. The van der Waals surface area contributed by atoms with Crippen LogP contribution >= 0.6 is 0 Å². The van der Waals surface area contributed by atoms with Crippen molar-refractivity contribution in [2.24, 2.45) is 5.92 Å². The van der Waals surface area contributed by atoms with Crippen molar-refractivity contribution < 1.29 is 26.4 Å². The molecule has 0 spiro atoms. The molecule has 3 N–H and O–H groups in total. The molecular formula is C33H38F3N3O3S. The minimum atomic E-state index is -4.70. The minimum Gasteiger partial charge on any atom is -0.349 e. The minimum absolute atomic E-state index is 0.232. The molecule has 0 aliphatic heterocycles. The second kappa shape index (κ2) is 13.9. The second-order valence-electron chi connectivity index (χ2n) is 11.4. The number of carbonyl (C=O) groups excluding carboxylic acids is 1. The van der Waals surface area contributed by atoms with Gasteiger partial charge in [0.05, 0.1) is 22.5 Å². The number of halogens is 3. The highest BCUT2D eigenvalue weighted by Crippen LogP contribution is 2.33. The van der Waals surface area contributed by atoms with Crippen LogP contribution in [-0.4, -0.2) is 27.4 Å². The maximum atomic E-state index is 13.3. The summed E-state index contributed by atoms with van der Waals surface area (Å²) in [5, 5.41) is 6.48. The van der Waals surface area contributed by atoms with Gasteiger partial charge in [-0.2, -0.15) is 13.2 Å². The maximum Gasteiger partial charge on any atom is 0.416 e. The first-order valence-electron chi connectivity index (χ1n) is 14.4. The average Bonchev–Trinajstić information content (AvgIpc) is 2.96. The largest absolute Gasteiger partial charge is 0.416 e. The molecule has 0 fully saturated rings. The number of alkyl halides is 3. The molecule has 2 atom stereocenters. The fourth-order valence-corrected chi connectivity index (χ4v) is 6.51. The van der Waals surface area contributed by atoms with Crippen molar-refractivity contribution in [3.8, 4) is 0 Å². The van der Waals surface area contributed by atoms with E-state index in [-0.39, 0.29) is 18.4 Å². The van der Waals surface area contributed by atoms with Gasteiger partial charge in [0.25, 0.3) is 0 Å². The van der Waals surface area contributed by atoms with Crippen LogP contribution in [0.4, 0.5) is 13.2 Å². The molecular weight excluding hydrogens is 575 g/mol. The Morgan fingerprint density at radius 2 is 1.77 bits per heavy atom. The van der Waals surface area contributed by atoms with Crippen LogP contribution < -0.4 is 15.4 Å². The van der Waals surface area contributed by atoms with E-state index in [1.54, 1.807) is 30.3 Å². The Morgan fingerprint density at radius 3 is 2.47 bits per heavy atom. The number of carbonyl (C=O) groups is 1. The van der Waals surface area contributed by atoms with Crippen LogP contribution in [-0.2, 0) is 27.4 Å². The zero-order valence-electron chi connectivity index (χ0n) is 24.4. The van der Waals surface area contributed by atoms with Crippen molar-refractivity contribution in [1.82, 2.24) is 15.4 Å². The molecule has 1 aliphatic rings. The zero-order valence-corrected chi connectivity index (χ0v) is 25.2. The summed E-state index contributed by atoms with van der Waals surface area (Å²) in [6.45, 7) is 10.1. The van der Waals surface area contributed by atoms with Gasteiger partial charge in [-0.1, -0.05) is 75.0 Å². The van der Waals surface area contributed by atoms with Crippen LogP contribution in [0.25, 0.3) is 5.57 Å². The van der Waals surface area contributed by atoms with Crippen molar-refractivity contribution in [3.63, 3.8) is 0 Å². The van der Waals surface area contributed by atoms with Gasteiger partial charge in [0.2, 0.25) is 15.9 Å². The van der Waals surface area contributed by atoms with Gasteiger partial charge in [-0.25, -0.2) is 13.1 Å². The lowest BCUT2D eigenvalue weighted by Crippen LogP contribution is -2.36. The predicted octanol–water partition coefficient (Wildman–Crippen LogP) is 6.57. The molecule has 230 valence electrons. The maximum absolute atomic E-state index is 13.3. The van der Waals surface area contributed by atoms with E-state index in [9.17, 15) is 26.4 Å². The van der Waals surface area contributed by atoms with Crippen LogP contribution in [0.15, 0.2) is 84.3 Å². The van der Waals surface area contributed by atoms with Gasteiger partial charge in [0, 0.05) is 13.0 Å². The Bertz CT molecular complexity index is 1540. The molecule has 4 rings (SSSR count). The number of fused-ring (bicyclic) bond motifs is 1. The molecule has 0 aromatic heterocycles. The lowest BCUT2D eigenvalue weighted by molar-refractivity contribution is -0.137. The van der Waals surface area contributed by atoms with Crippen molar-refractivity contribution in [3.05, 3.63) is 107 Å². The van der Waals surface area contributed by atoms with Crippen molar-refractivity contribution >= 4 is 21.5 Å². The van der Waals surface area contributed by atoms with Gasteiger partial charge in [-0.15, -0.1) is 0 Å². The molecule has 0 heterocycles. The molecule has 0 saturated carbocycles. The van der Waals surface area contributed by atoms with Crippen LogP contribution in [0.1, 0.15) is 73.0 Å². The summed E-state index contributed by atoms with van der Waals surface area (Å²) >= 11 is 0. The molecule has 3 aromatic carbocycles. The summed E-state index contributed by atoms with van der Waals surface area (Å²) in [7, 11) is -4.39. The summed E-state index contributed by atoms with van der Waals surface area (Å²) in [6.07, 6.45) is -2.43. The first-order valence-corrected chi connectivity index (χ1v) is 15.9. The lowest BCUT2D eigenvalue weighted by Gasteiger charge is -2.28. The number of hydrogen-bond donors (Lipinski definition) is 3. The Morgan fingerprint density at radius 1 is 1.02 bits per heavy atom. The number of sulfonamides is 1. The van der Waals surface area contributed by atoms with Crippen LogP contribution in [0, 0.1) is 5.92 Å². The third-order valence-corrected chi connectivity index (χ3v) is 8.92. The summed E-state index contributed by atoms with van der Waals surface area (Å²) in [5.74, 6) is 0.169. The molecule has 10 heteroatoms. The molecule has 0 bridgehead atoms. The number of rotatable bonds is 12. The molecule has 43 heavy (non-hydrogen) atoms. The van der Waals surface area contributed by atoms with Crippen LogP contribution in [0.2, 0.25) is 0 Å². The van der Waals surface area contributed by atoms with Crippen molar-refractivity contribution in [2.75, 3.05) is 13.1 Å². The predicted molar refractivity (Wildman–Crippen MR) is 163 cm³/mol. The van der Waals surface area contributed by atoms with E-state index < -0.39 is 32.7 Å².